The second-order valence-corrected chi connectivity index (χ2v) is 9.84. The highest BCUT2D eigenvalue weighted by Crippen LogP contribution is 2.20. The Hall–Kier alpha value is -3.96. The molecule has 0 aliphatic rings. The lowest BCUT2D eigenvalue weighted by molar-refractivity contribution is -0.115. The van der Waals surface area contributed by atoms with Gasteiger partial charge in [0.2, 0.25) is 5.91 Å². The number of benzene rings is 2. The minimum Gasteiger partial charge on any atom is -0.459 e. The molecule has 0 unspecified atom stereocenters. The number of carbonyl (C=O) groups is 2. The molecule has 0 atom stereocenters. The molecule has 0 radical (unpaired) electrons. The molecule has 0 spiro atoms. The van der Waals surface area contributed by atoms with E-state index < -0.39 is 15.9 Å². The zero-order valence-electron chi connectivity index (χ0n) is 17.9. The van der Waals surface area contributed by atoms with Gasteiger partial charge in [-0.15, -0.1) is 11.3 Å². The fourth-order valence-electron chi connectivity index (χ4n) is 2.93. The van der Waals surface area contributed by atoms with Crippen LogP contribution in [0.1, 0.15) is 21.8 Å². The molecule has 2 aromatic heterocycles. The van der Waals surface area contributed by atoms with Crippen molar-refractivity contribution >= 4 is 49.7 Å². The molecule has 2 aromatic carbocycles. The molecule has 2 heterocycles. The molecule has 0 saturated carbocycles. The molecule has 0 bridgehead atoms. The van der Waals surface area contributed by atoms with Crippen molar-refractivity contribution in [2.75, 3.05) is 15.4 Å². The van der Waals surface area contributed by atoms with Gasteiger partial charge in [0, 0.05) is 16.8 Å². The van der Waals surface area contributed by atoms with E-state index in [9.17, 15) is 18.0 Å². The first-order chi connectivity index (χ1) is 16.3. The van der Waals surface area contributed by atoms with Gasteiger partial charge in [-0.1, -0.05) is 17.7 Å². The number of aryl methyl sites for hydroxylation is 1. The van der Waals surface area contributed by atoms with Crippen molar-refractivity contribution in [2.24, 2.45) is 0 Å². The van der Waals surface area contributed by atoms with Crippen molar-refractivity contribution in [3.63, 3.8) is 0 Å². The first-order valence-corrected chi connectivity index (χ1v) is 12.4. The van der Waals surface area contributed by atoms with Crippen LogP contribution in [0.5, 0.6) is 0 Å². The predicted octanol–water partition coefficient (Wildman–Crippen LogP) is 4.28. The molecule has 4 rings (SSSR count). The fraction of sp³-hybridized carbons (Fsp3) is 0.0870. The van der Waals surface area contributed by atoms with Crippen LogP contribution in [0, 0.1) is 6.92 Å². The number of sulfonamides is 1. The lowest BCUT2D eigenvalue weighted by Gasteiger charge is -2.10. The molecular formula is C23H20N4O5S2. The maximum Gasteiger partial charge on any atom is 0.293 e. The molecule has 174 valence electrons. The van der Waals surface area contributed by atoms with Crippen molar-refractivity contribution in [1.29, 1.82) is 0 Å². The van der Waals surface area contributed by atoms with E-state index in [-0.39, 0.29) is 23.0 Å². The van der Waals surface area contributed by atoms with Crippen LogP contribution in [0.15, 0.2) is 81.6 Å². The van der Waals surface area contributed by atoms with Crippen LogP contribution in [0.3, 0.4) is 0 Å². The van der Waals surface area contributed by atoms with Gasteiger partial charge < -0.3 is 9.73 Å². The average molecular weight is 497 g/mol. The first kappa shape index (κ1) is 23.2. The van der Waals surface area contributed by atoms with Gasteiger partial charge in [0.05, 0.1) is 23.3 Å². The highest BCUT2D eigenvalue weighted by Gasteiger charge is 2.15. The van der Waals surface area contributed by atoms with Crippen molar-refractivity contribution in [1.82, 2.24) is 4.98 Å². The van der Waals surface area contributed by atoms with Crippen LogP contribution in [-0.2, 0) is 21.2 Å². The van der Waals surface area contributed by atoms with E-state index in [0.717, 1.165) is 5.56 Å². The third-order valence-electron chi connectivity index (χ3n) is 4.61. The minimum atomic E-state index is -3.71. The van der Waals surface area contributed by atoms with Crippen molar-refractivity contribution in [2.45, 2.75) is 18.2 Å². The lowest BCUT2D eigenvalue weighted by atomic mass is 10.2. The Morgan fingerprint density at radius 1 is 0.971 bits per heavy atom. The van der Waals surface area contributed by atoms with E-state index in [0.29, 0.717) is 22.2 Å². The largest absolute Gasteiger partial charge is 0.459 e. The summed E-state index contributed by atoms with van der Waals surface area (Å²) in [5.41, 5.74) is 2.34. The number of anilines is 3. The normalized spacial score (nSPS) is 11.1. The van der Waals surface area contributed by atoms with Crippen LogP contribution in [-0.4, -0.2) is 25.2 Å². The number of rotatable bonds is 8. The Labute approximate surface area is 199 Å². The number of nitrogens with zero attached hydrogens (tertiary/aromatic N) is 1. The zero-order valence-corrected chi connectivity index (χ0v) is 19.6. The van der Waals surface area contributed by atoms with Crippen LogP contribution in [0.2, 0.25) is 0 Å². The highest BCUT2D eigenvalue weighted by molar-refractivity contribution is 7.92. The summed E-state index contributed by atoms with van der Waals surface area (Å²) in [6, 6.07) is 16.0. The Kier molecular flexibility index (Phi) is 6.75. The molecule has 0 saturated heterocycles. The molecule has 0 aliphatic heterocycles. The Bertz CT molecular complexity index is 1390. The summed E-state index contributed by atoms with van der Waals surface area (Å²) in [6.07, 6.45) is 1.41. The van der Waals surface area contributed by atoms with E-state index in [1.54, 1.807) is 60.0 Å². The van der Waals surface area contributed by atoms with E-state index >= 15 is 0 Å². The van der Waals surface area contributed by atoms with E-state index in [1.165, 1.54) is 23.7 Å². The molecule has 4 aromatic rings. The molecule has 2 amide bonds. The number of aromatic nitrogens is 1. The molecule has 9 nitrogen and oxygen atoms in total. The number of hydrogen-bond acceptors (Lipinski definition) is 7. The third kappa shape index (κ3) is 5.88. The van der Waals surface area contributed by atoms with Crippen LogP contribution < -0.4 is 15.4 Å². The number of furan rings is 1. The van der Waals surface area contributed by atoms with Gasteiger partial charge in [-0.2, -0.15) is 0 Å². The predicted molar refractivity (Wildman–Crippen MR) is 130 cm³/mol. The molecular weight excluding hydrogens is 476 g/mol. The molecule has 3 N–H and O–H groups in total. The summed E-state index contributed by atoms with van der Waals surface area (Å²) < 4.78 is 32.5. The number of amides is 2. The topological polar surface area (TPSA) is 130 Å². The van der Waals surface area contributed by atoms with Gasteiger partial charge in [-0.3, -0.25) is 19.6 Å². The summed E-state index contributed by atoms with van der Waals surface area (Å²) in [7, 11) is -3.71. The SMILES string of the molecule is Cc1ccc(S(=O)(=O)Nc2ccc(NC(=O)Cc3csc(NC(=O)c4ccco4)n3)cc2)cc1. The maximum absolute atomic E-state index is 12.5. The summed E-state index contributed by atoms with van der Waals surface area (Å²) >= 11 is 1.20. The second-order valence-electron chi connectivity index (χ2n) is 7.30. The van der Waals surface area contributed by atoms with Crippen LogP contribution in [0.25, 0.3) is 0 Å². The second kappa shape index (κ2) is 9.89. The average Bonchev–Trinajstić information content (AvgIpc) is 3.48. The van der Waals surface area contributed by atoms with Gasteiger partial charge in [0.15, 0.2) is 10.9 Å². The van der Waals surface area contributed by atoms with Crippen molar-refractivity contribution < 1.29 is 22.4 Å². The number of hydrogen-bond donors (Lipinski definition) is 3. The molecule has 0 fully saturated rings. The molecule has 11 heteroatoms. The maximum atomic E-state index is 12.5. The number of thiazole rings is 1. The lowest BCUT2D eigenvalue weighted by Crippen LogP contribution is -2.15. The van der Waals surface area contributed by atoms with Gasteiger partial charge in [-0.05, 0) is 55.5 Å². The number of carbonyl (C=O) groups excluding carboxylic acids is 2. The third-order valence-corrected chi connectivity index (χ3v) is 6.81. The van der Waals surface area contributed by atoms with E-state index in [4.69, 9.17) is 4.42 Å². The van der Waals surface area contributed by atoms with Gasteiger partial charge in [-0.25, -0.2) is 13.4 Å². The Morgan fingerprint density at radius 3 is 2.35 bits per heavy atom. The Balaban J connectivity index is 1.31. The fourth-order valence-corrected chi connectivity index (χ4v) is 4.70. The quantitative estimate of drug-likeness (QED) is 0.334. The van der Waals surface area contributed by atoms with Gasteiger partial charge >= 0.3 is 0 Å². The zero-order chi connectivity index (χ0) is 24.1. The summed E-state index contributed by atoms with van der Waals surface area (Å²) in [5.74, 6) is -0.560. The van der Waals surface area contributed by atoms with Crippen molar-refractivity contribution in [3.8, 4) is 0 Å². The number of nitrogens with one attached hydrogen (secondary N) is 3. The van der Waals surface area contributed by atoms with Crippen LogP contribution >= 0.6 is 11.3 Å². The Morgan fingerprint density at radius 2 is 1.68 bits per heavy atom. The van der Waals surface area contributed by atoms with E-state index in [2.05, 4.69) is 20.3 Å². The molecule has 34 heavy (non-hydrogen) atoms. The first-order valence-electron chi connectivity index (χ1n) is 10.1. The smallest absolute Gasteiger partial charge is 0.293 e. The summed E-state index contributed by atoms with van der Waals surface area (Å²) in [6.45, 7) is 1.88. The van der Waals surface area contributed by atoms with E-state index in [1.807, 2.05) is 6.92 Å². The summed E-state index contributed by atoms with van der Waals surface area (Å²) in [5, 5.41) is 7.39. The highest BCUT2D eigenvalue weighted by atomic mass is 32.2. The van der Waals surface area contributed by atoms with Crippen LogP contribution in [0.4, 0.5) is 16.5 Å². The standard InChI is InChI=1S/C23H20N4O5S2/c1-15-4-10-19(11-5-15)34(30,31)27-17-8-6-16(7-9-17)24-21(28)13-18-14-33-23(25-18)26-22(29)20-3-2-12-32-20/h2-12,14,27H,13H2,1H3,(H,24,28)(H,25,26,29). The van der Waals surface area contributed by atoms with Gasteiger partial charge in [0.1, 0.15) is 0 Å². The van der Waals surface area contributed by atoms with Crippen molar-refractivity contribution in [3.05, 3.63) is 89.3 Å². The summed E-state index contributed by atoms with van der Waals surface area (Å²) in [4.78, 5) is 28.8. The van der Waals surface area contributed by atoms with Gasteiger partial charge in [0.25, 0.3) is 15.9 Å². The molecule has 0 aliphatic carbocycles. The minimum absolute atomic E-state index is 0.00886. The monoisotopic (exact) mass is 496 g/mol.